The van der Waals surface area contributed by atoms with E-state index in [1.807, 2.05) is 0 Å². The quantitative estimate of drug-likeness (QED) is 0.295. The molecule has 1 spiro atoms. The normalized spacial score (nSPS) is 41.5. The molecule has 0 radical (unpaired) electrons. The van der Waals surface area contributed by atoms with Crippen molar-refractivity contribution < 1.29 is 15.3 Å². The number of fused-ring (bicyclic) bond motifs is 3. The number of hydrogen-bond acceptors (Lipinski definition) is 6. The summed E-state index contributed by atoms with van der Waals surface area (Å²) in [6, 6.07) is 3.96. The third-order valence-electron chi connectivity index (χ3n) is 11.1. The predicted octanol–water partition coefficient (Wildman–Crippen LogP) is 4.97. The molecule has 4 N–H and O–H groups in total. The summed E-state index contributed by atoms with van der Waals surface area (Å²) in [5.41, 5.74) is 2.54. The van der Waals surface area contributed by atoms with E-state index in [0.717, 1.165) is 88.8 Å². The molecular weight excluding hydrogens is 498 g/mol. The Morgan fingerprint density at radius 1 is 0.900 bits per heavy atom. The Kier molecular flexibility index (Phi) is 7.10. The Morgan fingerprint density at radius 2 is 1.70 bits per heavy atom. The lowest BCUT2D eigenvalue weighted by Crippen LogP contribution is -2.66. The number of nitrogens with one attached hydrogen (secondary N) is 1. The van der Waals surface area contributed by atoms with Crippen molar-refractivity contribution in [3.05, 3.63) is 59.2 Å². The molecule has 6 nitrogen and oxygen atoms in total. The number of rotatable bonds is 1. The fourth-order valence-electron chi connectivity index (χ4n) is 9.58. The number of phenols is 2. The number of hydrogen-bond donors (Lipinski definition) is 4. The van der Waals surface area contributed by atoms with Crippen LogP contribution < -0.4 is 5.32 Å². The number of piperidine rings is 1. The highest BCUT2D eigenvalue weighted by molar-refractivity contribution is 5.51. The minimum absolute atomic E-state index is 0.0214. The van der Waals surface area contributed by atoms with Crippen molar-refractivity contribution in [1.29, 1.82) is 0 Å². The van der Waals surface area contributed by atoms with Crippen molar-refractivity contribution in [2.24, 2.45) is 11.3 Å². The van der Waals surface area contributed by atoms with Crippen LogP contribution in [-0.2, 0) is 6.42 Å². The third-order valence-corrected chi connectivity index (χ3v) is 11.1. The van der Waals surface area contributed by atoms with Gasteiger partial charge in [-0.25, -0.2) is 0 Å². The van der Waals surface area contributed by atoms with Crippen molar-refractivity contribution >= 4 is 0 Å². The fourth-order valence-corrected chi connectivity index (χ4v) is 9.58. The van der Waals surface area contributed by atoms with Gasteiger partial charge in [0.1, 0.15) is 0 Å². The van der Waals surface area contributed by atoms with E-state index in [4.69, 9.17) is 0 Å². The summed E-state index contributed by atoms with van der Waals surface area (Å²) >= 11 is 0. The first-order valence-corrected chi connectivity index (χ1v) is 16.0. The van der Waals surface area contributed by atoms with Crippen molar-refractivity contribution in [1.82, 2.24) is 15.1 Å². The second kappa shape index (κ2) is 10.6. The first-order chi connectivity index (χ1) is 19.5. The lowest BCUT2D eigenvalue weighted by atomic mass is 9.54. The van der Waals surface area contributed by atoms with E-state index in [2.05, 4.69) is 45.5 Å². The molecule has 7 atom stereocenters. The van der Waals surface area contributed by atoms with Gasteiger partial charge in [-0.2, -0.15) is 0 Å². The SMILES string of the molecule is Oc1cc2c(cc1O)[C@H](C1=C[C@@]3(O)CC/C=C\CCCCN4CC[C@@H]1[C@]1(C[C@@H]5/C=C\CCCCN5[C@H]13)C4)NCC2. The summed E-state index contributed by atoms with van der Waals surface area (Å²) in [4.78, 5) is 5.44. The Morgan fingerprint density at radius 3 is 2.60 bits per heavy atom. The summed E-state index contributed by atoms with van der Waals surface area (Å²) < 4.78 is 0. The molecule has 0 aromatic heterocycles. The molecule has 5 heterocycles. The summed E-state index contributed by atoms with van der Waals surface area (Å²) in [5.74, 6) is 0.277. The van der Waals surface area contributed by atoms with Crippen LogP contribution in [0.25, 0.3) is 0 Å². The smallest absolute Gasteiger partial charge is 0.157 e. The Labute approximate surface area is 239 Å². The van der Waals surface area contributed by atoms with Crippen LogP contribution in [0.3, 0.4) is 0 Å². The van der Waals surface area contributed by atoms with E-state index >= 15 is 0 Å². The Bertz CT molecular complexity index is 1210. The van der Waals surface area contributed by atoms with Gasteiger partial charge in [-0.05, 0) is 125 Å². The second-order valence-electron chi connectivity index (χ2n) is 13.5. The molecule has 1 aliphatic carbocycles. The Hall–Kier alpha value is -2.12. The molecule has 40 heavy (non-hydrogen) atoms. The van der Waals surface area contributed by atoms with E-state index < -0.39 is 5.60 Å². The zero-order valence-corrected chi connectivity index (χ0v) is 23.9. The summed E-state index contributed by atoms with van der Waals surface area (Å²) in [5, 5.41) is 37.6. The van der Waals surface area contributed by atoms with E-state index in [-0.39, 0.29) is 29.0 Å². The molecular formula is C34H47N3O3. The molecule has 3 bridgehead atoms. The number of benzene rings is 1. The standard InChI is InChI=1S/C34H47N3O3/c38-29-19-24-12-15-35-31(26(24)20-30(29)39)27-22-34(40)14-8-4-1-2-5-9-16-36-18-13-28(27)33(23-36)21-25-11-7-3-6-10-17-37(25)32(33)34/h1,4,7,11,19-20,22,25,28,31-32,35,38-40H,2-3,5-6,8-10,12-18,21,23H2/b4-1-,11-7-/t25-,28-,31+,32+,33-,34-/m0/s1. The van der Waals surface area contributed by atoms with Gasteiger partial charge in [0.15, 0.2) is 11.5 Å². The van der Waals surface area contributed by atoms with E-state index in [9.17, 15) is 15.3 Å². The summed E-state index contributed by atoms with van der Waals surface area (Å²) in [6.45, 7) is 5.19. The van der Waals surface area contributed by atoms with Crippen LogP contribution in [-0.4, -0.2) is 75.5 Å². The minimum atomic E-state index is -0.923. The van der Waals surface area contributed by atoms with Gasteiger partial charge in [-0.1, -0.05) is 30.4 Å². The molecule has 1 unspecified atom stereocenters. The second-order valence-corrected chi connectivity index (χ2v) is 13.5. The molecule has 1 aromatic carbocycles. The van der Waals surface area contributed by atoms with E-state index in [1.165, 1.54) is 31.3 Å². The number of nitrogens with zero attached hydrogens (tertiary/aromatic N) is 2. The van der Waals surface area contributed by atoms with Crippen molar-refractivity contribution in [3.63, 3.8) is 0 Å². The highest BCUT2D eigenvalue weighted by atomic mass is 16.3. The zero-order valence-electron chi connectivity index (χ0n) is 23.9. The van der Waals surface area contributed by atoms with Crippen LogP contribution in [0.4, 0.5) is 0 Å². The van der Waals surface area contributed by atoms with Gasteiger partial charge in [0, 0.05) is 24.5 Å². The first-order valence-electron chi connectivity index (χ1n) is 16.0. The summed E-state index contributed by atoms with van der Waals surface area (Å²) in [7, 11) is 0. The van der Waals surface area contributed by atoms with Gasteiger partial charge in [0.05, 0.1) is 17.7 Å². The number of allylic oxidation sites excluding steroid dienone is 3. The average Bonchev–Trinajstić information content (AvgIpc) is 3.22. The Balaban J connectivity index is 1.39. The third kappa shape index (κ3) is 4.46. The molecule has 5 aliphatic heterocycles. The number of aliphatic hydroxyl groups is 1. The van der Waals surface area contributed by atoms with Gasteiger partial charge >= 0.3 is 0 Å². The zero-order chi connectivity index (χ0) is 27.3. The maximum Gasteiger partial charge on any atom is 0.157 e. The molecule has 0 amide bonds. The van der Waals surface area contributed by atoms with Crippen LogP contribution in [0.1, 0.15) is 81.4 Å². The summed E-state index contributed by atoms with van der Waals surface area (Å²) in [6.07, 6.45) is 23.6. The van der Waals surface area contributed by atoms with Crippen molar-refractivity contribution in [2.45, 2.75) is 94.4 Å². The molecule has 1 aromatic rings. The number of phenolic OH excluding ortho intramolecular Hbond substituents is 2. The van der Waals surface area contributed by atoms with Crippen LogP contribution in [0, 0.1) is 11.3 Å². The van der Waals surface area contributed by atoms with Crippen LogP contribution >= 0.6 is 0 Å². The molecule has 6 aliphatic rings. The van der Waals surface area contributed by atoms with E-state index in [1.54, 1.807) is 12.1 Å². The van der Waals surface area contributed by atoms with Crippen molar-refractivity contribution in [2.75, 3.05) is 32.7 Å². The van der Waals surface area contributed by atoms with Gasteiger partial charge in [-0.3, -0.25) is 4.90 Å². The highest BCUT2D eigenvalue weighted by Crippen LogP contribution is 2.61. The maximum absolute atomic E-state index is 13.0. The van der Waals surface area contributed by atoms with Crippen LogP contribution in [0.5, 0.6) is 11.5 Å². The molecule has 7 rings (SSSR count). The van der Waals surface area contributed by atoms with Gasteiger partial charge in [-0.15, -0.1) is 0 Å². The molecule has 2 fully saturated rings. The predicted molar refractivity (Wildman–Crippen MR) is 158 cm³/mol. The van der Waals surface area contributed by atoms with Crippen LogP contribution in [0.2, 0.25) is 0 Å². The monoisotopic (exact) mass is 545 g/mol. The van der Waals surface area contributed by atoms with Gasteiger partial charge in [0.2, 0.25) is 0 Å². The van der Waals surface area contributed by atoms with Crippen molar-refractivity contribution in [3.8, 4) is 11.5 Å². The van der Waals surface area contributed by atoms with Gasteiger partial charge in [0.25, 0.3) is 0 Å². The topological polar surface area (TPSA) is 79.2 Å². The molecule has 2 saturated heterocycles. The lowest BCUT2D eigenvalue weighted by molar-refractivity contribution is -0.0983. The average molecular weight is 546 g/mol. The molecule has 6 heteroatoms. The maximum atomic E-state index is 13.0. The van der Waals surface area contributed by atoms with E-state index in [0.29, 0.717) is 12.0 Å². The highest BCUT2D eigenvalue weighted by Gasteiger charge is 2.66. The lowest BCUT2D eigenvalue weighted by Gasteiger charge is -2.59. The molecule has 216 valence electrons. The van der Waals surface area contributed by atoms with Gasteiger partial charge < -0.3 is 25.5 Å². The molecule has 0 saturated carbocycles. The largest absolute Gasteiger partial charge is 0.504 e. The number of aromatic hydroxyl groups is 2. The van der Waals surface area contributed by atoms with Crippen LogP contribution in [0.15, 0.2) is 48.1 Å². The first kappa shape index (κ1) is 26.8. The fraction of sp³-hybridized carbons (Fsp3) is 0.647. The minimum Gasteiger partial charge on any atom is -0.504 e.